The Morgan fingerprint density at radius 1 is 1.37 bits per heavy atom. The van der Waals surface area contributed by atoms with Gasteiger partial charge < -0.3 is 9.88 Å². The minimum absolute atomic E-state index is 0.132. The number of carbonyl (C=O) groups is 2. The fourth-order valence-corrected chi connectivity index (χ4v) is 2.31. The third-order valence-electron chi connectivity index (χ3n) is 3.25. The lowest BCUT2D eigenvalue weighted by atomic mass is 10.1. The molecule has 1 amide bonds. The highest BCUT2D eigenvalue weighted by molar-refractivity contribution is 5.97. The van der Waals surface area contributed by atoms with Gasteiger partial charge in [0.15, 0.2) is 5.78 Å². The van der Waals surface area contributed by atoms with Gasteiger partial charge in [-0.15, -0.1) is 0 Å². The molecule has 1 heterocycles. The number of hydrogen-bond donors (Lipinski definition) is 1. The number of amides is 1. The van der Waals surface area contributed by atoms with Crippen LogP contribution in [0.5, 0.6) is 0 Å². The van der Waals surface area contributed by atoms with Crippen LogP contribution < -0.4 is 5.32 Å². The van der Waals surface area contributed by atoms with E-state index in [1.54, 1.807) is 10.8 Å². The predicted octanol–water partition coefficient (Wildman–Crippen LogP) is 1.43. The largest absolute Gasteiger partial charge is 0.354 e. The second kappa shape index (κ2) is 6.19. The first kappa shape index (κ1) is 13.3. The van der Waals surface area contributed by atoms with Gasteiger partial charge in [-0.3, -0.25) is 9.59 Å². The number of carbonyl (C=O) groups excluding carboxylic acids is 2. The van der Waals surface area contributed by atoms with Crippen molar-refractivity contribution in [3.8, 4) is 6.07 Å². The number of rotatable bonds is 4. The maximum Gasteiger partial charge on any atom is 0.239 e. The van der Waals surface area contributed by atoms with E-state index < -0.39 is 0 Å². The highest BCUT2D eigenvalue weighted by Crippen LogP contribution is 2.21. The second-order valence-corrected chi connectivity index (χ2v) is 4.76. The van der Waals surface area contributed by atoms with Crippen molar-refractivity contribution in [2.75, 3.05) is 6.54 Å². The van der Waals surface area contributed by atoms with Crippen LogP contribution in [-0.4, -0.2) is 22.8 Å². The van der Waals surface area contributed by atoms with Crippen molar-refractivity contribution < 1.29 is 9.59 Å². The Labute approximate surface area is 112 Å². The van der Waals surface area contributed by atoms with E-state index in [1.807, 2.05) is 12.3 Å². The van der Waals surface area contributed by atoms with Crippen molar-refractivity contribution in [3.05, 3.63) is 23.5 Å². The molecule has 0 radical (unpaired) electrons. The Kier molecular flexibility index (Phi) is 4.35. The molecule has 5 nitrogen and oxygen atoms in total. The summed E-state index contributed by atoms with van der Waals surface area (Å²) in [5.74, 6) is 0.0454. The third-order valence-corrected chi connectivity index (χ3v) is 3.25. The predicted molar refractivity (Wildman–Crippen MR) is 69.6 cm³/mol. The molecule has 0 spiro atoms. The van der Waals surface area contributed by atoms with Gasteiger partial charge in [0.1, 0.15) is 6.54 Å². The lowest BCUT2D eigenvalue weighted by Gasteiger charge is -2.03. The zero-order chi connectivity index (χ0) is 13.7. The molecule has 1 aromatic heterocycles. The van der Waals surface area contributed by atoms with Crippen LogP contribution in [0.25, 0.3) is 0 Å². The molecule has 0 unspecified atom stereocenters. The van der Waals surface area contributed by atoms with Crippen LogP contribution in [0.4, 0.5) is 0 Å². The third kappa shape index (κ3) is 3.44. The number of nitrogens with zero attached hydrogens (tertiary/aromatic N) is 2. The number of ketones is 1. The van der Waals surface area contributed by atoms with Crippen LogP contribution in [0.3, 0.4) is 0 Å². The van der Waals surface area contributed by atoms with Crippen molar-refractivity contribution in [2.24, 2.45) is 0 Å². The Morgan fingerprint density at radius 2 is 2.16 bits per heavy atom. The highest BCUT2D eigenvalue weighted by Gasteiger charge is 2.18. The minimum atomic E-state index is -0.132. The van der Waals surface area contributed by atoms with E-state index in [4.69, 9.17) is 5.26 Å². The molecule has 0 aromatic carbocycles. The van der Waals surface area contributed by atoms with Gasteiger partial charge in [0.05, 0.1) is 12.5 Å². The number of aromatic nitrogens is 1. The molecule has 0 saturated carbocycles. The first-order valence-corrected chi connectivity index (χ1v) is 6.56. The standard InChI is InChI=1S/C14H17N3O2/c15-6-3-7-16-14(19)10-17-8-11-4-1-2-5-13(18)12(11)9-17/h8-9H,1-5,7,10H2,(H,16,19). The molecule has 1 aliphatic rings. The summed E-state index contributed by atoms with van der Waals surface area (Å²) < 4.78 is 1.76. The Morgan fingerprint density at radius 3 is 2.95 bits per heavy atom. The Balaban J connectivity index is 1.99. The zero-order valence-corrected chi connectivity index (χ0v) is 10.8. The molecule has 1 aromatic rings. The number of nitrogens with one attached hydrogen (secondary N) is 1. The average Bonchev–Trinajstić information content (AvgIpc) is 2.70. The molecule has 100 valence electrons. The summed E-state index contributed by atoms with van der Waals surface area (Å²) in [4.78, 5) is 23.5. The van der Waals surface area contributed by atoms with E-state index in [0.717, 1.165) is 30.4 Å². The van der Waals surface area contributed by atoms with Crippen LogP contribution in [0, 0.1) is 11.3 Å². The van der Waals surface area contributed by atoms with Crippen LogP contribution >= 0.6 is 0 Å². The van der Waals surface area contributed by atoms with Crippen LogP contribution in [0.15, 0.2) is 12.4 Å². The van der Waals surface area contributed by atoms with E-state index in [-0.39, 0.29) is 18.2 Å². The fraction of sp³-hybridized carbons (Fsp3) is 0.500. The highest BCUT2D eigenvalue weighted by atomic mass is 16.2. The molecule has 1 N–H and O–H groups in total. The normalized spacial score (nSPS) is 14.4. The minimum Gasteiger partial charge on any atom is -0.354 e. The summed E-state index contributed by atoms with van der Waals surface area (Å²) in [6, 6.07) is 1.97. The summed E-state index contributed by atoms with van der Waals surface area (Å²) >= 11 is 0. The van der Waals surface area contributed by atoms with Gasteiger partial charge in [0.25, 0.3) is 0 Å². The Bertz CT molecular complexity index is 525. The van der Waals surface area contributed by atoms with E-state index in [9.17, 15) is 9.59 Å². The summed E-state index contributed by atoms with van der Waals surface area (Å²) in [7, 11) is 0. The van der Waals surface area contributed by atoms with Crippen molar-refractivity contribution in [2.45, 2.75) is 38.6 Å². The van der Waals surface area contributed by atoms with Gasteiger partial charge in [-0.05, 0) is 24.8 Å². The molecule has 0 saturated heterocycles. The van der Waals surface area contributed by atoms with Crippen molar-refractivity contribution in [3.63, 3.8) is 0 Å². The Hall–Kier alpha value is -2.09. The van der Waals surface area contributed by atoms with Crippen LogP contribution in [-0.2, 0) is 17.8 Å². The van der Waals surface area contributed by atoms with Gasteiger partial charge in [-0.25, -0.2) is 0 Å². The monoisotopic (exact) mass is 259 g/mol. The molecule has 0 fully saturated rings. The van der Waals surface area contributed by atoms with Crippen LogP contribution in [0.1, 0.15) is 41.6 Å². The van der Waals surface area contributed by atoms with Gasteiger partial charge in [0, 0.05) is 30.9 Å². The van der Waals surface area contributed by atoms with Gasteiger partial charge >= 0.3 is 0 Å². The number of fused-ring (bicyclic) bond motifs is 1. The van der Waals surface area contributed by atoms with E-state index in [2.05, 4.69) is 5.32 Å². The number of Topliss-reactive ketones (excluding diaryl/α,β-unsaturated/α-hetero) is 1. The summed E-state index contributed by atoms with van der Waals surface area (Å²) in [6.45, 7) is 0.570. The van der Waals surface area contributed by atoms with E-state index in [0.29, 0.717) is 19.4 Å². The van der Waals surface area contributed by atoms with Crippen molar-refractivity contribution in [1.29, 1.82) is 5.26 Å². The first-order chi connectivity index (χ1) is 9.20. The molecule has 2 rings (SSSR count). The zero-order valence-electron chi connectivity index (χ0n) is 10.8. The second-order valence-electron chi connectivity index (χ2n) is 4.76. The summed E-state index contributed by atoms with van der Waals surface area (Å²) in [5, 5.41) is 11.1. The molecule has 0 atom stereocenters. The maximum atomic E-state index is 11.9. The SMILES string of the molecule is N#CCCNC(=O)Cn1cc2c(c1)C(=O)CCCC2. The number of hydrogen-bond acceptors (Lipinski definition) is 3. The molecule has 0 aliphatic heterocycles. The quantitative estimate of drug-likeness (QED) is 0.656. The molecule has 1 aliphatic carbocycles. The van der Waals surface area contributed by atoms with Crippen molar-refractivity contribution >= 4 is 11.7 Å². The van der Waals surface area contributed by atoms with Gasteiger partial charge in [0.2, 0.25) is 5.91 Å². The van der Waals surface area contributed by atoms with E-state index >= 15 is 0 Å². The van der Waals surface area contributed by atoms with E-state index in [1.165, 1.54) is 0 Å². The fourth-order valence-electron chi connectivity index (χ4n) is 2.31. The van der Waals surface area contributed by atoms with Crippen molar-refractivity contribution in [1.82, 2.24) is 9.88 Å². The average molecular weight is 259 g/mol. The van der Waals surface area contributed by atoms with Crippen LogP contribution in [0.2, 0.25) is 0 Å². The molecule has 19 heavy (non-hydrogen) atoms. The molecular formula is C14H17N3O2. The topological polar surface area (TPSA) is 74.9 Å². The molecule has 0 bridgehead atoms. The lowest BCUT2D eigenvalue weighted by Crippen LogP contribution is -2.27. The molecule has 5 heteroatoms. The molecular weight excluding hydrogens is 242 g/mol. The number of aryl methyl sites for hydroxylation is 1. The smallest absolute Gasteiger partial charge is 0.239 e. The van der Waals surface area contributed by atoms with Gasteiger partial charge in [-0.2, -0.15) is 5.26 Å². The summed E-state index contributed by atoms with van der Waals surface area (Å²) in [5.41, 5.74) is 1.81. The number of nitriles is 1. The first-order valence-electron chi connectivity index (χ1n) is 6.56. The summed E-state index contributed by atoms with van der Waals surface area (Å²) in [6.07, 6.45) is 7.45. The maximum absolute atomic E-state index is 11.9. The van der Waals surface area contributed by atoms with Gasteiger partial charge in [-0.1, -0.05) is 0 Å². The lowest BCUT2D eigenvalue weighted by molar-refractivity contribution is -0.121.